The molecule has 154 valence electrons. The Balaban J connectivity index is 2.12. The molecule has 2 rings (SSSR count). The minimum absolute atomic E-state index is 0.0658. The lowest BCUT2D eigenvalue weighted by atomic mass is 10.1. The third-order valence-electron chi connectivity index (χ3n) is 4.21. The number of carbonyl (C=O) groups excluding carboxylic acids is 2. The molecule has 0 aliphatic heterocycles. The molecule has 0 fully saturated rings. The predicted molar refractivity (Wildman–Crippen MR) is 116 cm³/mol. The van der Waals surface area contributed by atoms with Gasteiger partial charge < -0.3 is 19.3 Å². The SMILES string of the molecule is CCOc1cc(/C=C/C(=O)c2ccc(N(C)C)cc2)ccc1OCC(=O)N(C)C. The number of nitrogens with zero attached hydrogens (tertiary/aromatic N) is 2. The van der Waals surface area contributed by atoms with Crippen molar-refractivity contribution < 1.29 is 19.1 Å². The summed E-state index contributed by atoms with van der Waals surface area (Å²) in [4.78, 5) is 27.6. The second-order valence-corrected chi connectivity index (χ2v) is 6.85. The van der Waals surface area contributed by atoms with Crippen molar-refractivity contribution in [1.29, 1.82) is 0 Å². The highest BCUT2D eigenvalue weighted by Gasteiger charge is 2.10. The molecular weight excluding hydrogens is 368 g/mol. The Bertz CT molecular complexity index is 871. The van der Waals surface area contributed by atoms with Crippen LogP contribution in [0, 0.1) is 0 Å². The fraction of sp³-hybridized carbons (Fsp3) is 0.304. The van der Waals surface area contributed by atoms with Crippen LogP contribution in [0.3, 0.4) is 0 Å². The maximum atomic E-state index is 12.4. The molecule has 2 aromatic carbocycles. The van der Waals surface area contributed by atoms with Crippen LogP contribution in [-0.4, -0.2) is 58.0 Å². The number of benzene rings is 2. The fourth-order valence-electron chi connectivity index (χ4n) is 2.48. The topological polar surface area (TPSA) is 59.1 Å². The summed E-state index contributed by atoms with van der Waals surface area (Å²) in [5, 5.41) is 0. The van der Waals surface area contributed by atoms with Gasteiger partial charge in [-0.25, -0.2) is 0 Å². The van der Waals surface area contributed by atoms with E-state index in [1.165, 1.54) is 11.0 Å². The lowest BCUT2D eigenvalue weighted by Gasteiger charge is -2.14. The lowest BCUT2D eigenvalue weighted by molar-refractivity contribution is -0.130. The molecule has 0 spiro atoms. The maximum absolute atomic E-state index is 12.4. The zero-order chi connectivity index (χ0) is 21.4. The van der Waals surface area contributed by atoms with Crippen LogP contribution < -0.4 is 14.4 Å². The van der Waals surface area contributed by atoms with Gasteiger partial charge in [0.05, 0.1) is 6.61 Å². The van der Waals surface area contributed by atoms with Gasteiger partial charge in [0.15, 0.2) is 23.9 Å². The van der Waals surface area contributed by atoms with Gasteiger partial charge in [-0.15, -0.1) is 0 Å². The molecule has 0 saturated heterocycles. The van der Waals surface area contributed by atoms with E-state index >= 15 is 0 Å². The van der Waals surface area contributed by atoms with Crippen molar-refractivity contribution in [2.45, 2.75) is 6.92 Å². The number of amides is 1. The standard InChI is InChI=1S/C23H28N2O4/c1-6-28-22-15-17(8-14-21(22)29-16-23(27)25(4)5)7-13-20(26)18-9-11-19(12-10-18)24(2)3/h7-15H,6,16H2,1-5H3/b13-7+. The highest BCUT2D eigenvalue weighted by molar-refractivity contribution is 6.07. The van der Waals surface area contributed by atoms with Gasteiger partial charge in [0.1, 0.15) is 0 Å². The molecule has 2 aromatic rings. The first-order valence-corrected chi connectivity index (χ1v) is 9.41. The van der Waals surface area contributed by atoms with E-state index in [2.05, 4.69) is 0 Å². The summed E-state index contributed by atoms with van der Waals surface area (Å²) >= 11 is 0. The Hall–Kier alpha value is -3.28. The van der Waals surface area contributed by atoms with Gasteiger partial charge in [-0.05, 0) is 55.0 Å². The van der Waals surface area contributed by atoms with Gasteiger partial charge in [-0.1, -0.05) is 12.1 Å². The average molecular weight is 396 g/mol. The van der Waals surface area contributed by atoms with Gasteiger partial charge in [-0.2, -0.15) is 0 Å². The number of hydrogen-bond donors (Lipinski definition) is 0. The molecule has 0 heterocycles. The molecule has 0 unspecified atom stereocenters. The number of anilines is 1. The summed E-state index contributed by atoms with van der Waals surface area (Å²) < 4.78 is 11.2. The van der Waals surface area contributed by atoms with E-state index in [0.717, 1.165) is 11.3 Å². The summed E-state index contributed by atoms with van der Waals surface area (Å²) in [6, 6.07) is 12.8. The minimum Gasteiger partial charge on any atom is -0.490 e. The number of ketones is 1. The fourth-order valence-corrected chi connectivity index (χ4v) is 2.48. The van der Waals surface area contributed by atoms with Crippen molar-refractivity contribution >= 4 is 23.5 Å². The van der Waals surface area contributed by atoms with Crippen molar-refractivity contribution in [1.82, 2.24) is 4.90 Å². The van der Waals surface area contributed by atoms with Crippen LogP contribution in [0.5, 0.6) is 11.5 Å². The van der Waals surface area contributed by atoms with Crippen LogP contribution in [0.15, 0.2) is 48.5 Å². The quantitative estimate of drug-likeness (QED) is 0.480. The molecule has 6 nitrogen and oxygen atoms in total. The van der Waals surface area contributed by atoms with E-state index in [1.54, 1.807) is 32.3 Å². The molecule has 0 N–H and O–H groups in total. The van der Waals surface area contributed by atoms with Crippen molar-refractivity contribution in [3.8, 4) is 11.5 Å². The summed E-state index contributed by atoms with van der Waals surface area (Å²) in [6.45, 7) is 2.27. The Morgan fingerprint density at radius 1 is 0.931 bits per heavy atom. The zero-order valence-electron chi connectivity index (χ0n) is 17.6. The number of likely N-dealkylation sites (N-methyl/N-ethyl adjacent to an activating group) is 1. The zero-order valence-corrected chi connectivity index (χ0v) is 17.6. The van der Waals surface area contributed by atoms with Crippen molar-refractivity contribution in [2.24, 2.45) is 0 Å². The van der Waals surface area contributed by atoms with Crippen LogP contribution in [-0.2, 0) is 4.79 Å². The van der Waals surface area contributed by atoms with Crippen molar-refractivity contribution in [3.63, 3.8) is 0 Å². The number of carbonyl (C=O) groups is 2. The molecule has 0 saturated carbocycles. The van der Waals surface area contributed by atoms with E-state index in [4.69, 9.17) is 9.47 Å². The number of ether oxygens (including phenoxy) is 2. The summed E-state index contributed by atoms with van der Waals surface area (Å²) in [7, 11) is 7.26. The molecular formula is C23H28N2O4. The second kappa shape index (κ2) is 10.3. The third kappa shape index (κ3) is 6.38. The highest BCUT2D eigenvalue weighted by atomic mass is 16.5. The maximum Gasteiger partial charge on any atom is 0.259 e. The Morgan fingerprint density at radius 2 is 1.62 bits per heavy atom. The van der Waals surface area contributed by atoms with E-state index in [9.17, 15) is 9.59 Å². The molecule has 29 heavy (non-hydrogen) atoms. The predicted octanol–water partition coefficient (Wildman–Crippen LogP) is 3.51. The third-order valence-corrected chi connectivity index (χ3v) is 4.21. The number of hydrogen-bond acceptors (Lipinski definition) is 5. The lowest BCUT2D eigenvalue weighted by Crippen LogP contribution is -2.27. The summed E-state index contributed by atoms with van der Waals surface area (Å²) in [5.41, 5.74) is 2.47. The van der Waals surface area contributed by atoms with Gasteiger partial charge in [-0.3, -0.25) is 9.59 Å². The Labute approximate surface area is 172 Å². The van der Waals surface area contributed by atoms with E-state index in [1.807, 2.05) is 56.3 Å². The molecule has 0 bridgehead atoms. The van der Waals surface area contributed by atoms with Crippen LogP contribution in [0.2, 0.25) is 0 Å². The summed E-state index contributed by atoms with van der Waals surface area (Å²) in [5.74, 6) is 0.807. The second-order valence-electron chi connectivity index (χ2n) is 6.85. The number of rotatable bonds is 9. The smallest absolute Gasteiger partial charge is 0.259 e. The van der Waals surface area contributed by atoms with E-state index < -0.39 is 0 Å². The molecule has 0 radical (unpaired) electrons. The van der Waals surface area contributed by atoms with Crippen LogP contribution in [0.25, 0.3) is 6.08 Å². The first-order chi connectivity index (χ1) is 13.8. The van der Waals surface area contributed by atoms with Crippen LogP contribution in [0.4, 0.5) is 5.69 Å². The van der Waals surface area contributed by atoms with Crippen LogP contribution >= 0.6 is 0 Å². The Kier molecular flexibility index (Phi) is 7.83. The van der Waals surface area contributed by atoms with Gasteiger partial charge in [0.25, 0.3) is 5.91 Å². The molecule has 6 heteroatoms. The molecule has 0 aliphatic carbocycles. The molecule has 1 amide bonds. The van der Waals surface area contributed by atoms with Gasteiger partial charge in [0, 0.05) is 39.4 Å². The number of allylic oxidation sites excluding steroid dienone is 1. The largest absolute Gasteiger partial charge is 0.490 e. The molecule has 0 atom stereocenters. The monoisotopic (exact) mass is 396 g/mol. The summed E-state index contributed by atoms with van der Waals surface area (Å²) in [6.07, 6.45) is 3.27. The first kappa shape index (κ1) is 22.0. The van der Waals surface area contributed by atoms with Crippen LogP contribution in [0.1, 0.15) is 22.8 Å². The van der Waals surface area contributed by atoms with E-state index in [0.29, 0.717) is 23.7 Å². The van der Waals surface area contributed by atoms with Crippen molar-refractivity contribution in [2.75, 3.05) is 46.3 Å². The van der Waals surface area contributed by atoms with Gasteiger partial charge in [0.2, 0.25) is 0 Å². The van der Waals surface area contributed by atoms with E-state index in [-0.39, 0.29) is 18.3 Å². The Morgan fingerprint density at radius 3 is 2.21 bits per heavy atom. The average Bonchev–Trinajstić information content (AvgIpc) is 2.71. The minimum atomic E-state index is -0.137. The van der Waals surface area contributed by atoms with Gasteiger partial charge >= 0.3 is 0 Å². The molecule has 0 aliphatic rings. The normalized spacial score (nSPS) is 10.7. The highest BCUT2D eigenvalue weighted by Crippen LogP contribution is 2.29. The van der Waals surface area contributed by atoms with Crippen molar-refractivity contribution in [3.05, 3.63) is 59.7 Å². The first-order valence-electron chi connectivity index (χ1n) is 9.41. The molecule has 0 aromatic heterocycles.